The molecule has 37 heavy (non-hydrogen) atoms. The quantitative estimate of drug-likeness (QED) is 0.243. The monoisotopic (exact) mass is 509 g/mol. The first-order valence-corrected chi connectivity index (χ1v) is 14.7. The Bertz CT molecular complexity index is 884. The zero-order valence-electron chi connectivity index (χ0n) is 22.4. The third-order valence-corrected chi connectivity index (χ3v) is 9.00. The summed E-state index contributed by atoms with van der Waals surface area (Å²) in [4.78, 5) is 27.4. The molecule has 7 heteroatoms. The van der Waals surface area contributed by atoms with Crippen LogP contribution in [0.15, 0.2) is 24.3 Å². The molecule has 2 amide bonds. The van der Waals surface area contributed by atoms with E-state index >= 15 is 0 Å². The largest absolute Gasteiger partial charge is 0.384 e. The molecule has 0 aromatic heterocycles. The average molecular weight is 510 g/mol. The van der Waals surface area contributed by atoms with Crippen LogP contribution < -0.4 is 21.7 Å². The fourth-order valence-corrected chi connectivity index (χ4v) is 6.65. The van der Waals surface area contributed by atoms with Crippen LogP contribution in [-0.4, -0.2) is 43.3 Å². The number of amides is 2. The Morgan fingerprint density at radius 1 is 0.865 bits per heavy atom. The molecule has 0 bridgehead atoms. The molecular formula is C30H47N5O2. The normalized spacial score (nSPS) is 21.6. The van der Waals surface area contributed by atoms with E-state index in [1.165, 1.54) is 25.7 Å². The molecule has 7 nitrogen and oxygen atoms in total. The summed E-state index contributed by atoms with van der Waals surface area (Å²) < 4.78 is 0. The van der Waals surface area contributed by atoms with Crippen molar-refractivity contribution in [2.45, 2.75) is 89.5 Å². The van der Waals surface area contributed by atoms with Crippen LogP contribution in [0.25, 0.3) is 0 Å². The van der Waals surface area contributed by atoms with Crippen molar-refractivity contribution >= 4 is 17.6 Å². The van der Waals surface area contributed by atoms with Crippen molar-refractivity contribution in [3.8, 4) is 0 Å². The highest BCUT2D eigenvalue weighted by molar-refractivity contribution is 5.95. The second-order valence-electron chi connectivity index (χ2n) is 11.6. The van der Waals surface area contributed by atoms with Crippen molar-refractivity contribution in [2.24, 2.45) is 29.4 Å². The lowest BCUT2D eigenvalue weighted by atomic mass is 9.76. The molecule has 2 saturated carbocycles. The molecule has 1 aromatic rings. The molecule has 1 heterocycles. The zero-order chi connectivity index (χ0) is 26.0. The number of nitrogens with two attached hydrogens (primary N) is 1. The van der Waals surface area contributed by atoms with Gasteiger partial charge in [0.1, 0.15) is 11.9 Å². The summed E-state index contributed by atoms with van der Waals surface area (Å²) in [5.41, 5.74) is 7.42. The first-order chi connectivity index (χ1) is 18.0. The summed E-state index contributed by atoms with van der Waals surface area (Å²) in [5.74, 6) is 1.02. The summed E-state index contributed by atoms with van der Waals surface area (Å²) >= 11 is 0. The third kappa shape index (κ3) is 8.03. The minimum absolute atomic E-state index is 0.00647. The molecule has 1 aromatic carbocycles. The number of amidine groups is 1. The van der Waals surface area contributed by atoms with Gasteiger partial charge in [-0.1, -0.05) is 62.8 Å². The van der Waals surface area contributed by atoms with Crippen LogP contribution in [0.3, 0.4) is 0 Å². The van der Waals surface area contributed by atoms with Crippen molar-refractivity contribution in [3.63, 3.8) is 0 Å². The van der Waals surface area contributed by atoms with Crippen LogP contribution in [0, 0.1) is 29.1 Å². The van der Waals surface area contributed by atoms with Crippen LogP contribution in [0.5, 0.6) is 0 Å². The van der Waals surface area contributed by atoms with Gasteiger partial charge >= 0.3 is 0 Å². The average Bonchev–Trinajstić information content (AvgIpc) is 2.95. The Balaban J connectivity index is 1.47. The van der Waals surface area contributed by atoms with Gasteiger partial charge in [0.05, 0.1) is 0 Å². The SMILES string of the molecule is N=C(N)c1ccc(CC(C(=O)N[C@H](C(=O)NCC2CCNCC2)C2CCCCC2)C2CCCCC2)cc1. The molecule has 2 atom stereocenters. The Morgan fingerprint density at radius 2 is 1.46 bits per heavy atom. The number of benzene rings is 1. The molecule has 1 unspecified atom stereocenters. The summed E-state index contributed by atoms with van der Waals surface area (Å²) in [6, 6.07) is 7.27. The topological polar surface area (TPSA) is 120 Å². The predicted molar refractivity (Wildman–Crippen MR) is 148 cm³/mol. The molecule has 204 valence electrons. The minimum Gasteiger partial charge on any atom is -0.384 e. The number of carbonyl (C=O) groups is 2. The highest BCUT2D eigenvalue weighted by Crippen LogP contribution is 2.33. The van der Waals surface area contributed by atoms with E-state index in [0.29, 0.717) is 30.4 Å². The predicted octanol–water partition coefficient (Wildman–Crippen LogP) is 3.89. The number of rotatable bonds is 10. The van der Waals surface area contributed by atoms with Gasteiger partial charge in [-0.2, -0.15) is 0 Å². The van der Waals surface area contributed by atoms with E-state index in [0.717, 1.165) is 70.0 Å². The van der Waals surface area contributed by atoms with E-state index in [4.69, 9.17) is 11.1 Å². The fourth-order valence-electron chi connectivity index (χ4n) is 6.65. The minimum atomic E-state index is -0.444. The summed E-state index contributed by atoms with van der Waals surface area (Å²) in [6.07, 6.45) is 14.0. The molecule has 3 aliphatic rings. The molecule has 1 saturated heterocycles. The van der Waals surface area contributed by atoms with Gasteiger partial charge in [-0.25, -0.2) is 0 Å². The fraction of sp³-hybridized carbons (Fsp3) is 0.700. The van der Waals surface area contributed by atoms with Gasteiger partial charge in [-0.05, 0) is 81.4 Å². The highest BCUT2D eigenvalue weighted by atomic mass is 16.2. The number of hydrogen-bond donors (Lipinski definition) is 5. The van der Waals surface area contributed by atoms with Crippen LogP contribution in [0.2, 0.25) is 0 Å². The van der Waals surface area contributed by atoms with Gasteiger partial charge in [0, 0.05) is 18.0 Å². The van der Waals surface area contributed by atoms with Gasteiger partial charge in [0.15, 0.2) is 0 Å². The number of hydrogen-bond acceptors (Lipinski definition) is 4. The Morgan fingerprint density at radius 3 is 2.05 bits per heavy atom. The smallest absolute Gasteiger partial charge is 0.242 e. The Labute approximate surface area is 222 Å². The Hall–Kier alpha value is -2.41. The van der Waals surface area contributed by atoms with Gasteiger partial charge in [-0.15, -0.1) is 0 Å². The second-order valence-corrected chi connectivity index (χ2v) is 11.6. The van der Waals surface area contributed by atoms with E-state index in [1.54, 1.807) is 0 Å². The molecule has 2 aliphatic carbocycles. The summed E-state index contributed by atoms with van der Waals surface area (Å²) in [7, 11) is 0. The van der Waals surface area contributed by atoms with Crippen LogP contribution in [-0.2, 0) is 16.0 Å². The summed E-state index contributed by atoms with van der Waals surface area (Å²) in [5, 5.41) is 17.6. The van der Waals surface area contributed by atoms with Crippen molar-refractivity contribution in [1.82, 2.24) is 16.0 Å². The van der Waals surface area contributed by atoms with Gasteiger partial charge in [0.25, 0.3) is 0 Å². The van der Waals surface area contributed by atoms with E-state index in [1.807, 2.05) is 24.3 Å². The molecule has 0 spiro atoms. The summed E-state index contributed by atoms with van der Waals surface area (Å²) in [6.45, 7) is 2.73. The van der Waals surface area contributed by atoms with Crippen LogP contribution in [0.1, 0.15) is 88.2 Å². The first kappa shape index (κ1) is 27.6. The van der Waals surface area contributed by atoms with Gasteiger partial charge in [0.2, 0.25) is 11.8 Å². The van der Waals surface area contributed by atoms with E-state index in [2.05, 4.69) is 16.0 Å². The molecule has 4 rings (SSSR count). The van der Waals surface area contributed by atoms with Crippen LogP contribution >= 0.6 is 0 Å². The molecule has 0 radical (unpaired) electrons. The standard InChI is InChI=1S/C30H47N5O2/c31-28(32)25-13-11-21(12-14-25)19-26(23-7-3-1-4-8-23)29(36)35-27(24-9-5-2-6-10-24)30(37)34-20-22-15-17-33-18-16-22/h11-14,22-24,26-27,33H,1-10,15-20H2,(H3,31,32)(H,34,37)(H,35,36)/t26?,27-/m0/s1. The maximum Gasteiger partial charge on any atom is 0.242 e. The number of carbonyl (C=O) groups excluding carboxylic acids is 2. The third-order valence-electron chi connectivity index (χ3n) is 9.00. The van der Waals surface area contributed by atoms with Gasteiger partial charge in [-0.3, -0.25) is 15.0 Å². The maximum absolute atomic E-state index is 13.9. The van der Waals surface area contributed by atoms with Crippen molar-refractivity contribution < 1.29 is 9.59 Å². The second kappa shape index (κ2) is 13.9. The highest BCUT2D eigenvalue weighted by Gasteiger charge is 2.36. The van der Waals surface area contributed by atoms with E-state index in [-0.39, 0.29) is 29.5 Å². The molecule has 3 fully saturated rings. The lowest BCUT2D eigenvalue weighted by Crippen LogP contribution is -2.54. The number of piperidine rings is 1. The lowest BCUT2D eigenvalue weighted by Gasteiger charge is -2.34. The number of nitrogen functional groups attached to an aromatic ring is 1. The van der Waals surface area contributed by atoms with Crippen molar-refractivity contribution in [2.75, 3.05) is 19.6 Å². The van der Waals surface area contributed by atoms with Crippen LogP contribution in [0.4, 0.5) is 0 Å². The first-order valence-electron chi connectivity index (χ1n) is 14.7. The molecular weight excluding hydrogens is 462 g/mol. The van der Waals surface area contributed by atoms with Gasteiger partial charge < -0.3 is 21.7 Å². The lowest BCUT2D eigenvalue weighted by molar-refractivity contribution is -0.134. The van der Waals surface area contributed by atoms with E-state index < -0.39 is 6.04 Å². The Kier molecular flexibility index (Phi) is 10.4. The van der Waals surface area contributed by atoms with Crippen molar-refractivity contribution in [3.05, 3.63) is 35.4 Å². The maximum atomic E-state index is 13.9. The van der Waals surface area contributed by atoms with E-state index in [9.17, 15) is 9.59 Å². The zero-order valence-corrected chi connectivity index (χ0v) is 22.4. The number of nitrogens with one attached hydrogen (secondary N) is 4. The molecule has 6 N–H and O–H groups in total. The molecule has 1 aliphatic heterocycles. The van der Waals surface area contributed by atoms with Crippen molar-refractivity contribution in [1.29, 1.82) is 5.41 Å².